The molecule has 1 aliphatic rings. The molecule has 0 saturated carbocycles. The van der Waals surface area contributed by atoms with Crippen molar-refractivity contribution >= 4 is 34.2 Å². The van der Waals surface area contributed by atoms with Crippen LogP contribution in [0.2, 0.25) is 0 Å². The van der Waals surface area contributed by atoms with Crippen molar-refractivity contribution in [3.05, 3.63) is 28.7 Å². The first kappa shape index (κ1) is 20.3. The summed E-state index contributed by atoms with van der Waals surface area (Å²) in [7, 11) is 0. The van der Waals surface area contributed by atoms with Gasteiger partial charge in [0.15, 0.2) is 0 Å². The average molecular weight is 406 g/mol. The number of carbonyl (C=O) groups excluding carboxylic acids is 1. The first-order valence-corrected chi connectivity index (χ1v) is 8.60. The Balaban J connectivity index is 0.00000264. The van der Waals surface area contributed by atoms with Crippen molar-refractivity contribution in [1.82, 2.24) is 4.90 Å². The second-order valence-electron chi connectivity index (χ2n) is 6.58. The molecule has 1 heterocycles. The normalized spacial score (nSPS) is 19.8. The minimum absolute atomic E-state index is 0. The number of ether oxygens (including phenoxy) is 1. The lowest BCUT2D eigenvalue weighted by Gasteiger charge is -2.42. The quantitative estimate of drug-likeness (QED) is 0.761. The second-order valence-corrected chi connectivity index (χ2v) is 7.44. The highest BCUT2D eigenvalue weighted by Crippen LogP contribution is 2.28. The fraction of sp³-hybridized carbons (Fsp3) is 0.588. The Hall–Kier alpha value is -0.780. The fourth-order valence-electron chi connectivity index (χ4n) is 2.71. The fourth-order valence-corrected chi connectivity index (χ4v) is 3.11. The Kier molecular flexibility index (Phi) is 7.84. The van der Waals surface area contributed by atoms with Crippen molar-refractivity contribution in [3.8, 4) is 5.75 Å². The topological polar surface area (TPSA) is 55.6 Å². The summed E-state index contributed by atoms with van der Waals surface area (Å²) in [5, 5.41) is 0. The van der Waals surface area contributed by atoms with Crippen molar-refractivity contribution in [1.29, 1.82) is 0 Å². The van der Waals surface area contributed by atoms with Crippen LogP contribution in [0.1, 0.15) is 33.1 Å². The number of hydrogen-bond acceptors (Lipinski definition) is 3. The lowest BCUT2D eigenvalue weighted by molar-refractivity contribution is -0.134. The smallest absolute Gasteiger partial charge is 0.222 e. The standard InChI is InChI=1S/C17H25BrN2O2.ClH/c1-17(2)12-20(10-9-15(17)19)16(21)8-5-11-22-14-7-4-3-6-13(14)18;/h3-4,6-7,15H,5,8-12,19H2,1-2H3;1H. The van der Waals surface area contributed by atoms with Crippen LogP contribution in [0.4, 0.5) is 0 Å². The van der Waals surface area contributed by atoms with E-state index < -0.39 is 0 Å². The summed E-state index contributed by atoms with van der Waals surface area (Å²) in [4.78, 5) is 14.2. The zero-order chi connectivity index (χ0) is 16.2. The number of hydrogen-bond donors (Lipinski definition) is 1. The van der Waals surface area contributed by atoms with Crippen molar-refractivity contribution < 1.29 is 9.53 Å². The SMILES string of the molecule is CC1(C)CN(C(=O)CCCOc2ccccc2Br)CCC1N.Cl. The number of rotatable bonds is 5. The molecular weight excluding hydrogens is 380 g/mol. The molecular formula is C17H26BrClN2O2. The minimum Gasteiger partial charge on any atom is -0.492 e. The monoisotopic (exact) mass is 404 g/mol. The molecule has 130 valence electrons. The van der Waals surface area contributed by atoms with Gasteiger partial charge in [-0.05, 0) is 46.3 Å². The molecule has 23 heavy (non-hydrogen) atoms. The molecule has 2 rings (SSSR count). The third-order valence-electron chi connectivity index (χ3n) is 4.29. The van der Waals surface area contributed by atoms with E-state index in [0.717, 1.165) is 36.2 Å². The van der Waals surface area contributed by atoms with Gasteiger partial charge in [-0.25, -0.2) is 0 Å². The van der Waals surface area contributed by atoms with Crippen molar-refractivity contribution in [2.75, 3.05) is 19.7 Å². The first-order valence-electron chi connectivity index (χ1n) is 7.81. The molecule has 2 N–H and O–H groups in total. The van der Waals surface area contributed by atoms with Gasteiger partial charge in [-0.1, -0.05) is 26.0 Å². The Morgan fingerprint density at radius 1 is 1.43 bits per heavy atom. The van der Waals surface area contributed by atoms with E-state index >= 15 is 0 Å². The van der Waals surface area contributed by atoms with Crippen LogP contribution in [0.15, 0.2) is 28.7 Å². The van der Waals surface area contributed by atoms with Gasteiger partial charge in [0.1, 0.15) is 5.75 Å². The van der Waals surface area contributed by atoms with E-state index in [-0.39, 0.29) is 29.8 Å². The molecule has 1 aromatic rings. The van der Waals surface area contributed by atoms with E-state index in [0.29, 0.717) is 13.0 Å². The lowest BCUT2D eigenvalue weighted by atomic mass is 9.79. The van der Waals surface area contributed by atoms with Crippen LogP contribution in [0.25, 0.3) is 0 Å². The van der Waals surface area contributed by atoms with Crippen LogP contribution in [0.5, 0.6) is 5.75 Å². The van der Waals surface area contributed by atoms with Crippen LogP contribution >= 0.6 is 28.3 Å². The number of amides is 1. The summed E-state index contributed by atoms with van der Waals surface area (Å²) < 4.78 is 6.63. The molecule has 0 aliphatic carbocycles. The zero-order valence-electron chi connectivity index (χ0n) is 13.8. The van der Waals surface area contributed by atoms with Crippen molar-refractivity contribution in [2.24, 2.45) is 11.1 Å². The first-order chi connectivity index (χ1) is 10.4. The molecule has 0 aromatic heterocycles. The lowest BCUT2D eigenvalue weighted by Crippen LogP contribution is -2.54. The van der Waals surface area contributed by atoms with Gasteiger partial charge in [0.25, 0.3) is 0 Å². The average Bonchev–Trinajstić information content (AvgIpc) is 2.48. The molecule has 1 aliphatic heterocycles. The van der Waals surface area contributed by atoms with Gasteiger partial charge in [0.2, 0.25) is 5.91 Å². The third-order valence-corrected chi connectivity index (χ3v) is 4.95. The number of halogens is 2. The number of carbonyl (C=O) groups is 1. The summed E-state index contributed by atoms with van der Waals surface area (Å²) in [5.41, 5.74) is 6.11. The third kappa shape index (κ3) is 5.66. The largest absolute Gasteiger partial charge is 0.492 e. The summed E-state index contributed by atoms with van der Waals surface area (Å²) in [5.74, 6) is 1.02. The van der Waals surface area contributed by atoms with E-state index in [1.54, 1.807) is 0 Å². The molecule has 0 radical (unpaired) electrons. The number of nitrogens with zero attached hydrogens (tertiary/aromatic N) is 1. The van der Waals surface area contributed by atoms with Crippen LogP contribution in [-0.4, -0.2) is 36.5 Å². The maximum absolute atomic E-state index is 12.3. The summed E-state index contributed by atoms with van der Waals surface area (Å²) >= 11 is 3.45. The molecule has 1 atom stereocenters. The number of nitrogens with two attached hydrogens (primary N) is 1. The molecule has 1 saturated heterocycles. The van der Waals surface area contributed by atoms with Crippen molar-refractivity contribution in [3.63, 3.8) is 0 Å². The molecule has 0 bridgehead atoms. The van der Waals surface area contributed by atoms with Gasteiger partial charge in [0.05, 0.1) is 11.1 Å². The van der Waals surface area contributed by atoms with Crippen LogP contribution in [0.3, 0.4) is 0 Å². The molecule has 1 aromatic carbocycles. The number of para-hydroxylation sites is 1. The molecule has 1 amide bonds. The van der Waals surface area contributed by atoms with Crippen LogP contribution in [0, 0.1) is 5.41 Å². The highest BCUT2D eigenvalue weighted by Gasteiger charge is 2.34. The zero-order valence-corrected chi connectivity index (χ0v) is 16.2. The van der Waals surface area contributed by atoms with E-state index in [2.05, 4.69) is 29.8 Å². The Labute approximate surface area is 153 Å². The number of likely N-dealkylation sites (tertiary alicyclic amines) is 1. The highest BCUT2D eigenvalue weighted by atomic mass is 79.9. The Morgan fingerprint density at radius 3 is 2.78 bits per heavy atom. The molecule has 4 nitrogen and oxygen atoms in total. The van der Waals surface area contributed by atoms with E-state index in [4.69, 9.17) is 10.5 Å². The maximum Gasteiger partial charge on any atom is 0.222 e. The second kappa shape index (κ2) is 8.90. The predicted molar refractivity (Wildman–Crippen MR) is 99.1 cm³/mol. The van der Waals surface area contributed by atoms with Crippen LogP contribution < -0.4 is 10.5 Å². The molecule has 1 unspecified atom stereocenters. The van der Waals surface area contributed by atoms with Gasteiger partial charge in [-0.3, -0.25) is 4.79 Å². The van der Waals surface area contributed by atoms with E-state index in [9.17, 15) is 4.79 Å². The van der Waals surface area contributed by atoms with Gasteiger partial charge >= 0.3 is 0 Å². The molecule has 6 heteroatoms. The summed E-state index contributed by atoms with van der Waals surface area (Å²) in [6, 6.07) is 7.92. The van der Waals surface area contributed by atoms with Gasteiger partial charge in [-0.2, -0.15) is 0 Å². The molecule has 0 spiro atoms. The van der Waals surface area contributed by atoms with Crippen molar-refractivity contribution in [2.45, 2.75) is 39.2 Å². The Bertz CT molecular complexity index is 525. The maximum atomic E-state index is 12.3. The molecule has 1 fully saturated rings. The number of benzene rings is 1. The van der Waals surface area contributed by atoms with Gasteiger partial charge < -0.3 is 15.4 Å². The highest BCUT2D eigenvalue weighted by molar-refractivity contribution is 9.10. The van der Waals surface area contributed by atoms with Gasteiger partial charge in [0, 0.05) is 25.6 Å². The number of piperidine rings is 1. The van der Waals surface area contributed by atoms with E-state index in [1.165, 1.54) is 0 Å². The Morgan fingerprint density at radius 2 is 2.13 bits per heavy atom. The summed E-state index contributed by atoms with van der Waals surface area (Å²) in [6.07, 6.45) is 2.13. The minimum atomic E-state index is -0.000682. The van der Waals surface area contributed by atoms with Gasteiger partial charge in [-0.15, -0.1) is 12.4 Å². The van der Waals surface area contributed by atoms with Crippen LogP contribution in [-0.2, 0) is 4.79 Å². The predicted octanol–water partition coefficient (Wildman–Crippen LogP) is 3.62. The summed E-state index contributed by atoms with van der Waals surface area (Å²) in [6.45, 7) is 6.33. The van der Waals surface area contributed by atoms with E-state index in [1.807, 2.05) is 29.2 Å².